The smallest absolute Gasteiger partial charge is 0.157 e. The van der Waals surface area contributed by atoms with Crippen LogP contribution in [0.5, 0.6) is 0 Å². The van der Waals surface area contributed by atoms with Crippen molar-refractivity contribution in [2.45, 2.75) is 31.2 Å². The first-order valence-corrected chi connectivity index (χ1v) is 9.26. The standard InChI is InChI=1S/C13H23N3S2/c1-2-4-13(3-1)11-18-12(15-13)14-5-6-16-7-9-17-10-8-16/h1-11H2,(H,14,15). The fraction of sp³-hybridized carbons (Fsp3) is 0.923. The molecule has 1 N–H and O–H groups in total. The van der Waals surface area contributed by atoms with Gasteiger partial charge in [-0.25, -0.2) is 0 Å². The number of nitrogens with one attached hydrogen (secondary N) is 1. The van der Waals surface area contributed by atoms with Gasteiger partial charge in [-0.15, -0.1) is 0 Å². The summed E-state index contributed by atoms with van der Waals surface area (Å²) in [5, 5.41) is 4.91. The van der Waals surface area contributed by atoms with Gasteiger partial charge in [0.15, 0.2) is 5.17 Å². The number of rotatable bonds is 3. The van der Waals surface area contributed by atoms with Gasteiger partial charge in [-0.2, -0.15) is 11.8 Å². The van der Waals surface area contributed by atoms with Crippen LogP contribution in [0.2, 0.25) is 0 Å². The first-order valence-electron chi connectivity index (χ1n) is 7.12. The summed E-state index contributed by atoms with van der Waals surface area (Å²) in [6.45, 7) is 4.61. The summed E-state index contributed by atoms with van der Waals surface area (Å²) in [6.07, 6.45) is 5.49. The number of hydrogen-bond acceptors (Lipinski definition) is 4. The maximum Gasteiger partial charge on any atom is 0.157 e. The fourth-order valence-corrected chi connectivity index (χ4v) is 5.25. The normalized spacial score (nSPS) is 30.1. The minimum Gasteiger partial charge on any atom is -0.359 e. The van der Waals surface area contributed by atoms with Crippen LogP contribution in [0.3, 0.4) is 0 Å². The van der Waals surface area contributed by atoms with Crippen molar-refractivity contribution in [3.8, 4) is 0 Å². The molecule has 3 fully saturated rings. The first kappa shape index (κ1) is 13.1. The lowest BCUT2D eigenvalue weighted by atomic mass is 10.0. The highest BCUT2D eigenvalue weighted by molar-refractivity contribution is 8.14. The van der Waals surface area contributed by atoms with Crippen molar-refractivity contribution >= 4 is 28.7 Å². The summed E-state index contributed by atoms with van der Waals surface area (Å²) >= 11 is 4.02. The van der Waals surface area contributed by atoms with Crippen molar-refractivity contribution < 1.29 is 0 Å². The Kier molecular flexibility index (Phi) is 4.42. The Morgan fingerprint density at radius 1 is 1.22 bits per heavy atom. The van der Waals surface area contributed by atoms with E-state index in [1.54, 1.807) is 0 Å². The maximum absolute atomic E-state index is 4.76. The van der Waals surface area contributed by atoms with Crippen molar-refractivity contribution in [1.82, 2.24) is 10.2 Å². The Morgan fingerprint density at radius 3 is 2.78 bits per heavy atom. The molecule has 2 saturated heterocycles. The zero-order valence-corrected chi connectivity index (χ0v) is 12.6. The van der Waals surface area contributed by atoms with Gasteiger partial charge in [0.1, 0.15) is 0 Å². The van der Waals surface area contributed by atoms with Gasteiger partial charge in [0.05, 0.1) is 6.54 Å². The van der Waals surface area contributed by atoms with E-state index in [-0.39, 0.29) is 0 Å². The molecule has 0 amide bonds. The number of thioether (sulfide) groups is 2. The zero-order valence-electron chi connectivity index (χ0n) is 11.0. The molecule has 0 atom stereocenters. The third-order valence-electron chi connectivity index (χ3n) is 4.19. The highest BCUT2D eigenvalue weighted by Gasteiger charge is 2.39. The van der Waals surface area contributed by atoms with E-state index in [1.807, 2.05) is 11.8 Å². The van der Waals surface area contributed by atoms with Crippen molar-refractivity contribution in [3.63, 3.8) is 0 Å². The lowest BCUT2D eigenvalue weighted by molar-refractivity contribution is 0.311. The summed E-state index contributed by atoms with van der Waals surface area (Å²) in [5.41, 5.74) is 0.422. The number of nitrogens with zero attached hydrogens (tertiary/aromatic N) is 2. The van der Waals surface area contributed by atoms with E-state index in [2.05, 4.69) is 22.0 Å². The minimum absolute atomic E-state index is 0.422. The van der Waals surface area contributed by atoms with Gasteiger partial charge in [0.2, 0.25) is 0 Å². The molecule has 2 aliphatic heterocycles. The second-order valence-electron chi connectivity index (χ2n) is 5.54. The summed E-state index contributed by atoms with van der Waals surface area (Å²) < 4.78 is 0. The maximum atomic E-state index is 4.76. The molecule has 3 aliphatic rings. The lowest BCUT2D eigenvalue weighted by Gasteiger charge is -2.25. The van der Waals surface area contributed by atoms with E-state index in [0.29, 0.717) is 5.54 Å². The van der Waals surface area contributed by atoms with Crippen LogP contribution in [0.1, 0.15) is 25.7 Å². The predicted molar refractivity (Wildman–Crippen MR) is 82.9 cm³/mol. The van der Waals surface area contributed by atoms with Crippen LogP contribution in [-0.4, -0.2) is 59.0 Å². The second kappa shape index (κ2) is 6.06. The largest absolute Gasteiger partial charge is 0.359 e. The second-order valence-corrected chi connectivity index (χ2v) is 7.73. The lowest BCUT2D eigenvalue weighted by Crippen LogP contribution is -2.41. The average Bonchev–Trinajstić information content (AvgIpc) is 3.02. The molecule has 1 spiro atoms. The quantitative estimate of drug-likeness (QED) is 0.859. The van der Waals surface area contributed by atoms with E-state index in [9.17, 15) is 0 Å². The van der Waals surface area contributed by atoms with E-state index in [4.69, 9.17) is 4.99 Å². The van der Waals surface area contributed by atoms with Gasteiger partial charge in [0.25, 0.3) is 0 Å². The Labute approximate surface area is 119 Å². The van der Waals surface area contributed by atoms with Crippen molar-refractivity contribution in [2.24, 2.45) is 4.99 Å². The van der Waals surface area contributed by atoms with Crippen LogP contribution < -0.4 is 5.32 Å². The number of hydrogen-bond donors (Lipinski definition) is 1. The monoisotopic (exact) mass is 285 g/mol. The molecule has 3 rings (SSSR count). The van der Waals surface area contributed by atoms with Crippen LogP contribution in [0.4, 0.5) is 0 Å². The van der Waals surface area contributed by atoms with Gasteiger partial charge in [-0.05, 0) is 12.8 Å². The van der Waals surface area contributed by atoms with Crippen LogP contribution >= 0.6 is 23.5 Å². The third kappa shape index (κ3) is 3.17. The fourth-order valence-electron chi connectivity index (χ4n) is 3.03. The number of amidine groups is 1. The van der Waals surface area contributed by atoms with E-state index < -0.39 is 0 Å². The number of aliphatic imine (C=N–C) groups is 1. The minimum atomic E-state index is 0.422. The van der Waals surface area contributed by atoms with Gasteiger partial charge < -0.3 is 5.32 Å². The van der Waals surface area contributed by atoms with E-state index >= 15 is 0 Å². The Balaban J connectivity index is 1.43. The molecule has 0 aromatic heterocycles. The van der Waals surface area contributed by atoms with Crippen molar-refractivity contribution in [1.29, 1.82) is 0 Å². The average molecular weight is 285 g/mol. The van der Waals surface area contributed by atoms with Crippen LogP contribution in [-0.2, 0) is 0 Å². The molecule has 18 heavy (non-hydrogen) atoms. The molecular formula is C13H23N3S2. The van der Waals surface area contributed by atoms with Crippen LogP contribution in [0, 0.1) is 0 Å². The molecule has 0 radical (unpaired) electrons. The highest BCUT2D eigenvalue weighted by Crippen LogP contribution is 2.37. The SMILES string of the molecule is C1CCC2(C1)CSC(=NCCN1CCSCC1)N2. The molecule has 0 unspecified atom stereocenters. The van der Waals surface area contributed by atoms with Gasteiger partial charge in [-0.3, -0.25) is 9.89 Å². The Hall–Kier alpha value is 0.130. The zero-order chi connectivity index (χ0) is 12.3. The van der Waals surface area contributed by atoms with Gasteiger partial charge in [-0.1, -0.05) is 24.6 Å². The highest BCUT2D eigenvalue weighted by atomic mass is 32.2. The first-order chi connectivity index (χ1) is 8.86. The molecule has 102 valence electrons. The Bertz CT molecular complexity index is 307. The van der Waals surface area contributed by atoms with E-state index in [1.165, 1.54) is 61.2 Å². The molecule has 3 nitrogen and oxygen atoms in total. The molecule has 5 heteroatoms. The summed E-state index contributed by atoms with van der Waals surface area (Å²) in [5.74, 6) is 3.84. The Morgan fingerprint density at radius 2 is 2.00 bits per heavy atom. The van der Waals surface area contributed by atoms with E-state index in [0.717, 1.165) is 13.1 Å². The molecule has 0 aromatic rings. The van der Waals surface area contributed by atoms with Crippen LogP contribution in [0.25, 0.3) is 0 Å². The molecule has 1 saturated carbocycles. The third-order valence-corrected chi connectivity index (χ3v) is 6.34. The molecular weight excluding hydrogens is 262 g/mol. The van der Waals surface area contributed by atoms with Crippen LogP contribution in [0.15, 0.2) is 4.99 Å². The van der Waals surface area contributed by atoms with Crippen molar-refractivity contribution in [3.05, 3.63) is 0 Å². The van der Waals surface area contributed by atoms with Crippen molar-refractivity contribution in [2.75, 3.05) is 43.4 Å². The summed E-state index contributed by atoms with van der Waals surface area (Å²) in [7, 11) is 0. The molecule has 0 aromatic carbocycles. The predicted octanol–water partition coefficient (Wildman–Crippen LogP) is 2.04. The summed E-state index contributed by atoms with van der Waals surface area (Å²) in [6, 6.07) is 0. The molecule has 0 bridgehead atoms. The van der Waals surface area contributed by atoms with Gasteiger partial charge in [0, 0.05) is 42.4 Å². The summed E-state index contributed by atoms with van der Waals surface area (Å²) in [4.78, 5) is 7.30. The topological polar surface area (TPSA) is 27.6 Å². The molecule has 2 heterocycles. The van der Waals surface area contributed by atoms with Gasteiger partial charge >= 0.3 is 0 Å². The molecule has 1 aliphatic carbocycles.